The van der Waals surface area contributed by atoms with Crippen LogP contribution in [0.4, 0.5) is 11.5 Å². The second-order valence-electron chi connectivity index (χ2n) is 2.06. The molecule has 1 atom stereocenters. The lowest BCUT2D eigenvalue weighted by Gasteiger charge is -2.05. The van der Waals surface area contributed by atoms with Crippen molar-refractivity contribution < 1.29 is 5.11 Å². The molecule has 0 spiro atoms. The maximum Gasteiger partial charge on any atom is 0.148 e. The van der Waals surface area contributed by atoms with Gasteiger partial charge in [-0.1, -0.05) is 0 Å². The molecule has 0 aromatic carbocycles. The molecule has 0 aliphatic carbocycles. The first-order valence-corrected chi connectivity index (χ1v) is 2.89. The third kappa shape index (κ3) is 0.906. The Bertz CT molecular complexity index is 230. The van der Waals surface area contributed by atoms with E-state index in [0.717, 1.165) is 0 Å². The van der Waals surface area contributed by atoms with Crippen LogP contribution in [-0.2, 0) is 0 Å². The van der Waals surface area contributed by atoms with Crippen LogP contribution in [0.3, 0.4) is 0 Å². The van der Waals surface area contributed by atoms with E-state index < -0.39 is 6.23 Å². The molecule has 0 radical (unpaired) electrons. The first-order valence-electron chi connectivity index (χ1n) is 2.89. The lowest BCUT2D eigenvalue weighted by Crippen LogP contribution is -2.09. The molecule has 0 saturated heterocycles. The summed E-state index contributed by atoms with van der Waals surface area (Å²) in [6, 6.07) is 0. The number of aromatic nitrogens is 2. The van der Waals surface area contributed by atoms with Crippen LogP contribution in [0, 0.1) is 0 Å². The topological polar surface area (TPSA) is 90.1 Å². The van der Waals surface area contributed by atoms with Gasteiger partial charge in [-0.25, -0.2) is 4.68 Å². The van der Waals surface area contributed by atoms with E-state index in [2.05, 4.69) is 5.10 Å². The monoisotopic (exact) mass is 142 g/mol. The first kappa shape index (κ1) is 6.88. The first-order chi connectivity index (χ1) is 4.63. The van der Waals surface area contributed by atoms with Gasteiger partial charge in [-0.15, -0.1) is 0 Å². The highest BCUT2D eigenvalue weighted by Gasteiger charge is 2.06. The van der Waals surface area contributed by atoms with Gasteiger partial charge >= 0.3 is 0 Å². The number of hydrogen-bond acceptors (Lipinski definition) is 4. The summed E-state index contributed by atoms with van der Waals surface area (Å²) in [6.07, 6.45) is 0.680. The summed E-state index contributed by atoms with van der Waals surface area (Å²) in [7, 11) is 0. The summed E-state index contributed by atoms with van der Waals surface area (Å²) in [6.45, 7) is 1.56. The number of rotatable bonds is 1. The Labute approximate surface area is 58.2 Å². The van der Waals surface area contributed by atoms with E-state index in [1.54, 1.807) is 6.92 Å². The van der Waals surface area contributed by atoms with Crippen LogP contribution >= 0.6 is 0 Å². The second-order valence-corrected chi connectivity index (χ2v) is 2.06. The van der Waals surface area contributed by atoms with Gasteiger partial charge in [-0.05, 0) is 6.92 Å². The SMILES string of the molecule is CC(O)n1ncc(N)c1N. The lowest BCUT2D eigenvalue weighted by atomic mass is 10.5. The molecule has 0 fully saturated rings. The Morgan fingerprint density at radius 2 is 2.30 bits per heavy atom. The molecular formula is C5H10N4O. The van der Waals surface area contributed by atoms with Gasteiger partial charge in [0.05, 0.1) is 11.9 Å². The van der Waals surface area contributed by atoms with Crippen LogP contribution in [0.1, 0.15) is 13.2 Å². The fourth-order valence-electron chi connectivity index (χ4n) is 0.683. The smallest absolute Gasteiger partial charge is 0.148 e. The summed E-state index contributed by atoms with van der Waals surface area (Å²) in [5.74, 6) is 0.301. The molecule has 56 valence electrons. The fraction of sp³-hybridized carbons (Fsp3) is 0.400. The predicted octanol–water partition coefficient (Wildman–Crippen LogP) is -0.442. The van der Waals surface area contributed by atoms with Gasteiger partial charge in [0.25, 0.3) is 0 Å². The highest BCUT2D eigenvalue weighted by atomic mass is 16.3. The van der Waals surface area contributed by atoms with Gasteiger partial charge < -0.3 is 16.6 Å². The Kier molecular flexibility index (Phi) is 1.50. The van der Waals surface area contributed by atoms with Gasteiger partial charge in [-0.2, -0.15) is 5.10 Å². The van der Waals surface area contributed by atoms with Crippen molar-refractivity contribution >= 4 is 11.5 Å². The molecule has 1 heterocycles. The highest BCUT2D eigenvalue weighted by Crippen LogP contribution is 2.15. The van der Waals surface area contributed by atoms with Crippen LogP contribution in [0.2, 0.25) is 0 Å². The van der Waals surface area contributed by atoms with E-state index in [1.807, 2.05) is 0 Å². The molecule has 0 aliphatic rings. The molecule has 1 aromatic heterocycles. The summed E-state index contributed by atoms with van der Waals surface area (Å²) in [5, 5.41) is 12.7. The molecule has 0 aliphatic heterocycles. The normalized spacial score (nSPS) is 13.4. The van der Waals surface area contributed by atoms with Gasteiger partial charge in [0.15, 0.2) is 0 Å². The molecule has 5 nitrogen and oxygen atoms in total. The Morgan fingerprint density at radius 3 is 2.50 bits per heavy atom. The average Bonchev–Trinajstić information content (AvgIpc) is 2.14. The number of nitrogen functional groups attached to an aromatic ring is 2. The lowest BCUT2D eigenvalue weighted by molar-refractivity contribution is 0.113. The molecule has 1 unspecified atom stereocenters. The van der Waals surface area contributed by atoms with Crippen molar-refractivity contribution in [3.8, 4) is 0 Å². The van der Waals surface area contributed by atoms with E-state index in [4.69, 9.17) is 16.6 Å². The summed E-state index contributed by atoms with van der Waals surface area (Å²) < 4.78 is 1.25. The minimum absolute atomic E-state index is 0.301. The zero-order chi connectivity index (χ0) is 7.72. The van der Waals surface area contributed by atoms with Gasteiger partial charge in [0.2, 0.25) is 0 Å². The van der Waals surface area contributed by atoms with Crippen LogP contribution in [0.15, 0.2) is 6.20 Å². The number of nitrogens with zero attached hydrogens (tertiary/aromatic N) is 2. The molecule has 10 heavy (non-hydrogen) atoms. The molecular weight excluding hydrogens is 132 g/mol. The average molecular weight is 142 g/mol. The van der Waals surface area contributed by atoms with Crippen molar-refractivity contribution in [3.05, 3.63) is 6.20 Å². The summed E-state index contributed by atoms with van der Waals surface area (Å²) in [4.78, 5) is 0. The quantitative estimate of drug-likeness (QED) is 0.495. The van der Waals surface area contributed by atoms with Gasteiger partial charge in [-0.3, -0.25) is 0 Å². The van der Waals surface area contributed by atoms with Crippen LogP contribution in [-0.4, -0.2) is 14.9 Å². The Balaban J connectivity index is 3.05. The van der Waals surface area contributed by atoms with Gasteiger partial charge in [0, 0.05) is 0 Å². The van der Waals surface area contributed by atoms with E-state index in [-0.39, 0.29) is 0 Å². The van der Waals surface area contributed by atoms with E-state index in [9.17, 15) is 0 Å². The molecule has 5 N–H and O–H groups in total. The second kappa shape index (κ2) is 2.18. The largest absolute Gasteiger partial charge is 0.394 e. The Hall–Kier alpha value is -1.23. The Morgan fingerprint density at radius 1 is 1.70 bits per heavy atom. The van der Waals surface area contributed by atoms with Crippen molar-refractivity contribution in [3.63, 3.8) is 0 Å². The zero-order valence-electron chi connectivity index (χ0n) is 5.65. The highest BCUT2D eigenvalue weighted by molar-refractivity contribution is 5.57. The van der Waals surface area contributed by atoms with Crippen LogP contribution in [0.5, 0.6) is 0 Å². The van der Waals surface area contributed by atoms with Crippen molar-refractivity contribution in [2.24, 2.45) is 0 Å². The van der Waals surface area contributed by atoms with Crippen molar-refractivity contribution in [2.45, 2.75) is 13.2 Å². The maximum absolute atomic E-state index is 8.98. The summed E-state index contributed by atoms with van der Waals surface area (Å²) >= 11 is 0. The van der Waals surface area contributed by atoms with E-state index in [0.29, 0.717) is 11.5 Å². The number of nitrogens with two attached hydrogens (primary N) is 2. The van der Waals surface area contributed by atoms with Crippen molar-refractivity contribution in [1.29, 1.82) is 0 Å². The molecule has 1 rings (SSSR count). The minimum Gasteiger partial charge on any atom is -0.394 e. The van der Waals surface area contributed by atoms with E-state index >= 15 is 0 Å². The molecule has 0 bridgehead atoms. The van der Waals surface area contributed by atoms with Crippen molar-refractivity contribution in [2.75, 3.05) is 11.5 Å². The summed E-state index contributed by atoms with van der Waals surface area (Å²) in [5.41, 5.74) is 11.2. The molecule has 0 amide bonds. The molecule has 1 aromatic rings. The van der Waals surface area contributed by atoms with E-state index in [1.165, 1.54) is 10.9 Å². The predicted molar refractivity (Wildman–Crippen MR) is 38.0 cm³/mol. The minimum atomic E-state index is -0.725. The standard InChI is InChI=1S/C5H10N4O/c1-3(10)9-5(7)4(6)2-8-9/h2-3,10H,6-7H2,1H3. The van der Waals surface area contributed by atoms with Crippen molar-refractivity contribution in [1.82, 2.24) is 9.78 Å². The number of hydrogen-bond donors (Lipinski definition) is 3. The zero-order valence-corrected chi connectivity index (χ0v) is 5.65. The molecule has 5 heteroatoms. The number of anilines is 2. The molecule has 0 saturated carbocycles. The number of aliphatic hydroxyl groups excluding tert-OH is 1. The maximum atomic E-state index is 8.98. The third-order valence-electron chi connectivity index (χ3n) is 1.22. The van der Waals surface area contributed by atoms with Crippen LogP contribution < -0.4 is 11.5 Å². The number of aliphatic hydroxyl groups is 1. The van der Waals surface area contributed by atoms with Gasteiger partial charge in [0.1, 0.15) is 12.0 Å². The fourth-order valence-corrected chi connectivity index (χ4v) is 0.683. The van der Waals surface area contributed by atoms with Crippen LogP contribution in [0.25, 0.3) is 0 Å². The third-order valence-corrected chi connectivity index (χ3v) is 1.22.